The lowest BCUT2D eigenvalue weighted by Gasteiger charge is -2.06. The summed E-state index contributed by atoms with van der Waals surface area (Å²) in [6, 6.07) is 10.2. The molecule has 3 rings (SSSR count). The molecule has 0 fully saturated rings. The van der Waals surface area contributed by atoms with Crippen molar-refractivity contribution in [1.82, 2.24) is 14.6 Å². The number of hydrogen-bond donors (Lipinski definition) is 1. The Morgan fingerprint density at radius 2 is 2.11 bits per heavy atom. The van der Waals surface area contributed by atoms with Crippen molar-refractivity contribution in [2.75, 3.05) is 12.8 Å². The van der Waals surface area contributed by atoms with Gasteiger partial charge in [0.2, 0.25) is 5.95 Å². The number of nitrogen functional groups attached to an aromatic ring is 1. The number of fused-ring (bicyclic) bond motifs is 1. The fraction of sp³-hybridized carbons (Fsp3) is 0.0769. The summed E-state index contributed by atoms with van der Waals surface area (Å²) in [6.45, 7) is 0. The van der Waals surface area contributed by atoms with Gasteiger partial charge in [0.05, 0.1) is 12.8 Å². The van der Waals surface area contributed by atoms with Crippen LogP contribution in [-0.4, -0.2) is 21.7 Å². The van der Waals surface area contributed by atoms with E-state index in [9.17, 15) is 4.39 Å². The predicted molar refractivity (Wildman–Crippen MR) is 69.3 cm³/mol. The van der Waals surface area contributed by atoms with Gasteiger partial charge in [-0.05, 0) is 30.3 Å². The lowest BCUT2D eigenvalue weighted by Crippen LogP contribution is -1.96. The van der Waals surface area contributed by atoms with Crippen LogP contribution in [-0.2, 0) is 0 Å². The number of rotatable bonds is 2. The second-order valence-corrected chi connectivity index (χ2v) is 4.00. The van der Waals surface area contributed by atoms with Crippen LogP contribution >= 0.6 is 0 Å². The lowest BCUT2D eigenvalue weighted by atomic mass is 10.1. The minimum atomic E-state index is -0.426. The predicted octanol–water partition coefficient (Wildman–Crippen LogP) is 2.13. The van der Waals surface area contributed by atoms with E-state index < -0.39 is 5.82 Å². The first-order valence-corrected chi connectivity index (χ1v) is 5.64. The zero-order valence-electron chi connectivity index (χ0n) is 10.2. The van der Waals surface area contributed by atoms with Gasteiger partial charge in [0.1, 0.15) is 0 Å². The molecule has 0 atom stereocenters. The summed E-state index contributed by atoms with van der Waals surface area (Å²) in [4.78, 5) is 4.07. The van der Waals surface area contributed by atoms with Crippen molar-refractivity contribution < 1.29 is 9.13 Å². The van der Waals surface area contributed by atoms with Crippen LogP contribution in [0.4, 0.5) is 10.3 Å². The monoisotopic (exact) mass is 258 g/mol. The number of halogens is 1. The van der Waals surface area contributed by atoms with E-state index in [0.29, 0.717) is 16.9 Å². The van der Waals surface area contributed by atoms with E-state index in [1.54, 1.807) is 22.7 Å². The van der Waals surface area contributed by atoms with Crippen LogP contribution in [0.5, 0.6) is 5.75 Å². The molecule has 0 saturated carbocycles. The first-order valence-electron chi connectivity index (χ1n) is 5.64. The average molecular weight is 258 g/mol. The Morgan fingerprint density at radius 3 is 2.84 bits per heavy atom. The van der Waals surface area contributed by atoms with Crippen LogP contribution in [0.25, 0.3) is 16.9 Å². The van der Waals surface area contributed by atoms with Gasteiger partial charge >= 0.3 is 0 Å². The third-order valence-corrected chi connectivity index (χ3v) is 2.82. The number of nitrogens with zero attached hydrogens (tertiary/aromatic N) is 3. The van der Waals surface area contributed by atoms with E-state index in [1.165, 1.54) is 13.2 Å². The number of nitrogens with two attached hydrogens (primary N) is 1. The molecule has 0 saturated heterocycles. The highest BCUT2D eigenvalue weighted by Gasteiger charge is 2.10. The van der Waals surface area contributed by atoms with E-state index in [4.69, 9.17) is 10.5 Å². The number of anilines is 1. The second kappa shape index (κ2) is 4.24. The van der Waals surface area contributed by atoms with Crippen LogP contribution in [0, 0.1) is 5.82 Å². The largest absolute Gasteiger partial charge is 0.494 e. The molecule has 19 heavy (non-hydrogen) atoms. The molecular weight excluding hydrogens is 247 g/mol. The Morgan fingerprint density at radius 1 is 1.26 bits per heavy atom. The van der Waals surface area contributed by atoms with Crippen molar-refractivity contribution >= 4 is 11.6 Å². The van der Waals surface area contributed by atoms with Crippen molar-refractivity contribution in [3.05, 3.63) is 42.2 Å². The van der Waals surface area contributed by atoms with Gasteiger partial charge in [-0.15, -0.1) is 5.10 Å². The summed E-state index contributed by atoms with van der Waals surface area (Å²) >= 11 is 0. The van der Waals surface area contributed by atoms with E-state index in [-0.39, 0.29) is 11.7 Å². The molecule has 0 aliphatic carbocycles. The maximum absolute atomic E-state index is 13.7. The van der Waals surface area contributed by atoms with E-state index in [1.807, 2.05) is 12.1 Å². The Labute approximate surface area is 108 Å². The zero-order chi connectivity index (χ0) is 13.4. The number of ether oxygens (including phenoxy) is 1. The normalized spacial score (nSPS) is 10.8. The Balaban J connectivity index is 2.21. The van der Waals surface area contributed by atoms with Crippen molar-refractivity contribution in [3.63, 3.8) is 0 Å². The van der Waals surface area contributed by atoms with Crippen molar-refractivity contribution in [2.24, 2.45) is 0 Å². The summed E-state index contributed by atoms with van der Waals surface area (Å²) in [5.74, 6) is -0.0412. The Bertz CT molecular complexity index is 753. The summed E-state index contributed by atoms with van der Waals surface area (Å²) in [6.07, 6.45) is 0. The van der Waals surface area contributed by atoms with Gasteiger partial charge in [0.15, 0.2) is 17.2 Å². The van der Waals surface area contributed by atoms with Crippen LogP contribution in [0.1, 0.15) is 0 Å². The molecule has 5 nitrogen and oxygen atoms in total. The first kappa shape index (κ1) is 11.5. The quantitative estimate of drug-likeness (QED) is 0.764. The maximum atomic E-state index is 13.7. The molecule has 0 aliphatic rings. The molecule has 6 heteroatoms. The topological polar surface area (TPSA) is 65.4 Å². The van der Waals surface area contributed by atoms with Crippen molar-refractivity contribution in [2.45, 2.75) is 0 Å². The highest BCUT2D eigenvalue weighted by atomic mass is 19.1. The summed E-state index contributed by atoms with van der Waals surface area (Å²) in [5, 5.41) is 4.09. The molecule has 0 aliphatic heterocycles. The molecule has 2 aromatic heterocycles. The first-order chi connectivity index (χ1) is 9.19. The molecule has 0 radical (unpaired) electrons. The van der Waals surface area contributed by atoms with Crippen molar-refractivity contribution in [3.8, 4) is 17.0 Å². The molecule has 2 heterocycles. The molecule has 2 N–H and O–H groups in total. The number of aromatic nitrogens is 3. The van der Waals surface area contributed by atoms with Gasteiger partial charge in [0.25, 0.3) is 0 Å². The summed E-state index contributed by atoms with van der Waals surface area (Å²) < 4.78 is 20.2. The summed E-state index contributed by atoms with van der Waals surface area (Å²) in [5.41, 5.74) is 7.58. The van der Waals surface area contributed by atoms with E-state index >= 15 is 0 Å². The highest BCUT2D eigenvalue weighted by molar-refractivity contribution is 5.64. The van der Waals surface area contributed by atoms with Gasteiger partial charge in [0, 0.05) is 5.56 Å². The molecule has 1 aromatic carbocycles. The summed E-state index contributed by atoms with van der Waals surface area (Å²) in [7, 11) is 1.43. The number of methoxy groups -OCH3 is 1. The van der Waals surface area contributed by atoms with E-state index in [2.05, 4.69) is 10.1 Å². The number of benzene rings is 1. The van der Waals surface area contributed by atoms with Gasteiger partial charge < -0.3 is 10.5 Å². The van der Waals surface area contributed by atoms with Crippen LogP contribution in [0.3, 0.4) is 0 Å². The molecule has 96 valence electrons. The molecule has 0 bridgehead atoms. The number of hydrogen-bond acceptors (Lipinski definition) is 4. The van der Waals surface area contributed by atoms with Gasteiger partial charge in [-0.2, -0.15) is 4.98 Å². The Hall–Kier alpha value is -2.63. The third kappa shape index (κ3) is 1.87. The molecule has 0 amide bonds. The minimum absolute atomic E-state index is 0.182. The fourth-order valence-electron chi connectivity index (χ4n) is 1.97. The van der Waals surface area contributed by atoms with Gasteiger partial charge in [-0.3, -0.25) is 0 Å². The molecule has 0 spiro atoms. The SMILES string of the molecule is COc1ccc(-c2cccc3nc(N)nn23)cc1F. The average Bonchev–Trinajstić information content (AvgIpc) is 2.78. The Kier molecular flexibility index (Phi) is 2.56. The highest BCUT2D eigenvalue weighted by Crippen LogP contribution is 2.25. The van der Waals surface area contributed by atoms with Crippen molar-refractivity contribution in [1.29, 1.82) is 0 Å². The smallest absolute Gasteiger partial charge is 0.240 e. The lowest BCUT2D eigenvalue weighted by molar-refractivity contribution is 0.386. The molecular formula is C13H11FN4O. The maximum Gasteiger partial charge on any atom is 0.240 e. The third-order valence-electron chi connectivity index (χ3n) is 2.82. The molecule has 0 unspecified atom stereocenters. The van der Waals surface area contributed by atoms with Crippen LogP contribution < -0.4 is 10.5 Å². The standard InChI is InChI=1S/C13H11FN4O/c1-19-11-6-5-8(7-9(11)14)10-3-2-4-12-16-13(15)17-18(10)12/h2-7H,1H3,(H2,15,17). The fourth-order valence-corrected chi connectivity index (χ4v) is 1.97. The molecule has 3 aromatic rings. The van der Waals surface area contributed by atoms with Gasteiger partial charge in [-0.1, -0.05) is 6.07 Å². The van der Waals surface area contributed by atoms with Crippen LogP contribution in [0.2, 0.25) is 0 Å². The van der Waals surface area contributed by atoms with Gasteiger partial charge in [-0.25, -0.2) is 8.91 Å². The minimum Gasteiger partial charge on any atom is -0.494 e. The number of pyridine rings is 1. The zero-order valence-corrected chi connectivity index (χ0v) is 10.2. The second-order valence-electron chi connectivity index (χ2n) is 4.00. The van der Waals surface area contributed by atoms with E-state index in [0.717, 1.165) is 0 Å². The van der Waals surface area contributed by atoms with Crippen LogP contribution in [0.15, 0.2) is 36.4 Å².